The lowest BCUT2D eigenvalue weighted by Crippen LogP contribution is -2.34. The number of benzene rings is 1. The molecule has 0 spiro atoms. The molecule has 0 radical (unpaired) electrons. The molecule has 2 fully saturated rings. The van der Waals surface area contributed by atoms with Crippen LogP contribution in [0, 0.1) is 16.6 Å². The van der Waals surface area contributed by atoms with E-state index in [1.165, 1.54) is 25.3 Å². The zero-order chi connectivity index (χ0) is 20.9. The molecule has 1 aliphatic carbocycles. The van der Waals surface area contributed by atoms with E-state index in [1.54, 1.807) is 16.8 Å². The van der Waals surface area contributed by atoms with Crippen molar-refractivity contribution in [3.8, 4) is 11.5 Å². The largest absolute Gasteiger partial charge is 0.365 e. The highest BCUT2D eigenvalue weighted by molar-refractivity contribution is 5.53. The SMILES string of the molecule is CC1(C)C[C@@H]2C[C@@](C)(CN2c2cnc(-c3ccn(Cc4ccccc4F)n3)nc2)C1. The summed E-state index contributed by atoms with van der Waals surface area (Å²) in [5, 5.41) is 4.54. The van der Waals surface area contributed by atoms with E-state index in [9.17, 15) is 4.39 Å². The van der Waals surface area contributed by atoms with Gasteiger partial charge in [-0.05, 0) is 42.2 Å². The van der Waals surface area contributed by atoms with Gasteiger partial charge in [0.15, 0.2) is 5.82 Å². The average molecular weight is 406 g/mol. The van der Waals surface area contributed by atoms with E-state index < -0.39 is 0 Å². The van der Waals surface area contributed by atoms with Gasteiger partial charge in [0, 0.05) is 24.3 Å². The Morgan fingerprint density at radius 2 is 1.83 bits per heavy atom. The first kappa shape index (κ1) is 19.2. The Morgan fingerprint density at radius 3 is 2.60 bits per heavy atom. The van der Waals surface area contributed by atoms with Crippen LogP contribution in [0.15, 0.2) is 48.9 Å². The zero-order valence-electron chi connectivity index (χ0n) is 17.8. The third-order valence-electron chi connectivity index (χ3n) is 6.54. The number of rotatable bonds is 4. The quantitative estimate of drug-likeness (QED) is 0.617. The summed E-state index contributed by atoms with van der Waals surface area (Å²) in [5.41, 5.74) is 3.16. The van der Waals surface area contributed by atoms with Gasteiger partial charge >= 0.3 is 0 Å². The fourth-order valence-electron chi connectivity index (χ4n) is 5.73. The van der Waals surface area contributed by atoms with Crippen LogP contribution in [0.4, 0.5) is 10.1 Å². The molecule has 2 aliphatic rings. The van der Waals surface area contributed by atoms with Gasteiger partial charge in [-0.25, -0.2) is 14.4 Å². The topological polar surface area (TPSA) is 46.8 Å². The number of anilines is 1. The predicted octanol–water partition coefficient (Wildman–Crippen LogP) is 4.93. The molecule has 1 aliphatic heterocycles. The minimum absolute atomic E-state index is 0.220. The maximum Gasteiger partial charge on any atom is 0.180 e. The Balaban J connectivity index is 1.33. The summed E-state index contributed by atoms with van der Waals surface area (Å²) in [7, 11) is 0. The van der Waals surface area contributed by atoms with Crippen LogP contribution in [-0.2, 0) is 6.54 Å². The van der Waals surface area contributed by atoms with E-state index in [0.29, 0.717) is 40.5 Å². The van der Waals surface area contributed by atoms with E-state index in [-0.39, 0.29) is 5.82 Å². The molecule has 0 amide bonds. The van der Waals surface area contributed by atoms with Crippen LogP contribution in [0.1, 0.15) is 45.6 Å². The van der Waals surface area contributed by atoms with Gasteiger partial charge in [-0.15, -0.1) is 0 Å². The fraction of sp³-hybridized carbons (Fsp3) is 0.458. The molecule has 156 valence electrons. The number of nitrogens with zero attached hydrogens (tertiary/aromatic N) is 5. The van der Waals surface area contributed by atoms with Gasteiger partial charge in [0.2, 0.25) is 0 Å². The molecule has 0 unspecified atom stereocenters. The van der Waals surface area contributed by atoms with Crippen LogP contribution in [-0.4, -0.2) is 32.3 Å². The number of hydrogen-bond acceptors (Lipinski definition) is 4. The molecule has 3 aromatic rings. The van der Waals surface area contributed by atoms with Gasteiger partial charge in [-0.2, -0.15) is 5.10 Å². The first-order valence-corrected chi connectivity index (χ1v) is 10.7. The average Bonchev–Trinajstić information content (AvgIpc) is 3.25. The Labute approximate surface area is 177 Å². The molecule has 30 heavy (non-hydrogen) atoms. The lowest BCUT2D eigenvalue weighted by atomic mass is 9.65. The number of aromatic nitrogens is 4. The van der Waals surface area contributed by atoms with Gasteiger partial charge in [0.25, 0.3) is 0 Å². The lowest BCUT2D eigenvalue weighted by Gasteiger charge is -2.39. The van der Waals surface area contributed by atoms with Crippen molar-refractivity contribution in [2.75, 3.05) is 11.4 Å². The predicted molar refractivity (Wildman–Crippen MR) is 116 cm³/mol. The molecule has 0 N–H and O–H groups in total. The number of halogens is 1. The molecule has 2 aromatic heterocycles. The molecule has 6 heteroatoms. The summed E-state index contributed by atoms with van der Waals surface area (Å²) in [6.07, 6.45) is 9.42. The molecule has 1 aromatic carbocycles. The maximum atomic E-state index is 13.9. The van der Waals surface area contributed by atoms with Crippen LogP contribution in [0.5, 0.6) is 0 Å². The van der Waals surface area contributed by atoms with Crippen LogP contribution in [0.2, 0.25) is 0 Å². The first-order valence-electron chi connectivity index (χ1n) is 10.7. The summed E-state index contributed by atoms with van der Waals surface area (Å²) in [5.74, 6) is 0.377. The normalized spacial score (nSPS) is 24.9. The molecule has 5 rings (SSSR count). The van der Waals surface area contributed by atoms with E-state index in [0.717, 1.165) is 12.2 Å². The lowest BCUT2D eigenvalue weighted by molar-refractivity contribution is 0.136. The zero-order valence-corrected chi connectivity index (χ0v) is 17.8. The minimum Gasteiger partial charge on any atom is -0.365 e. The van der Waals surface area contributed by atoms with E-state index in [2.05, 4.69) is 40.7 Å². The van der Waals surface area contributed by atoms with Gasteiger partial charge in [-0.1, -0.05) is 39.0 Å². The molecule has 3 heterocycles. The minimum atomic E-state index is -0.220. The third kappa shape index (κ3) is 3.59. The standard InChI is InChI=1S/C24H28FN5/c1-23(2)10-18-11-24(3,15-23)16-30(18)19-12-26-22(27-13-19)21-8-9-29(28-21)14-17-6-4-5-7-20(17)25/h4-9,12-13,18H,10-11,14-16H2,1-3H3/t18-,24-/m1/s1. The Hall–Kier alpha value is -2.76. The van der Waals surface area contributed by atoms with E-state index >= 15 is 0 Å². The molecule has 1 saturated carbocycles. The third-order valence-corrected chi connectivity index (χ3v) is 6.54. The van der Waals surface area contributed by atoms with Gasteiger partial charge in [-0.3, -0.25) is 4.68 Å². The Kier molecular flexibility index (Phi) is 4.42. The fourth-order valence-corrected chi connectivity index (χ4v) is 5.73. The van der Waals surface area contributed by atoms with Gasteiger partial charge < -0.3 is 4.90 Å². The van der Waals surface area contributed by atoms with Crippen molar-refractivity contribution in [3.63, 3.8) is 0 Å². The second-order valence-corrected chi connectivity index (χ2v) is 10.1. The summed E-state index contributed by atoms with van der Waals surface area (Å²) in [4.78, 5) is 11.7. The highest BCUT2D eigenvalue weighted by atomic mass is 19.1. The molecule has 1 saturated heterocycles. The van der Waals surface area contributed by atoms with Crippen molar-refractivity contribution in [1.29, 1.82) is 0 Å². The second kappa shape index (κ2) is 6.89. The van der Waals surface area contributed by atoms with Crippen molar-refractivity contribution in [1.82, 2.24) is 19.7 Å². The van der Waals surface area contributed by atoms with Crippen LogP contribution >= 0.6 is 0 Å². The van der Waals surface area contributed by atoms with Crippen molar-refractivity contribution in [3.05, 3.63) is 60.3 Å². The van der Waals surface area contributed by atoms with Crippen molar-refractivity contribution in [2.45, 2.75) is 52.6 Å². The van der Waals surface area contributed by atoms with Crippen molar-refractivity contribution < 1.29 is 4.39 Å². The molecule has 2 bridgehead atoms. The van der Waals surface area contributed by atoms with Crippen LogP contribution in [0.25, 0.3) is 11.5 Å². The first-order chi connectivity index (χ1) is 14.3. The molecular weight excluding hydrogens is 377 g/mol. The van der Waals surface area contributed by atoms with E-state index in [4.69, 9.17) is 0 Å². The second-order valence-electron chi connectivity index (χ2n) is 10.1. The summed E-state index contributed by atoms with van der Waals surface area (Å²) < 4.78 is 15.6. The maximum absolute atomic E-state index is 13.9. The summed E-state index contributed by atoms with van der Waals surface area (Å²) >= 11 is 0. The Morgan fingerprint density at radius 1 is 1.07 bits per heavy atom. The highest BCUT2D eigenvalue weighted by Crippen LogP contribution is 2.53. The molecular formula is C24H28FN5. The van der Waals surface area contributed by atoms with Crippen molar-refractivity contribution >= 4 is 5.69 Å². The molecule has 2 atom stereocenters. The van der Waals surface area contributed by atoms with Gasteiger partial charge in [0.05, 0.1) is 24.6 Å². The van der Waals surface area contributed by atoms with Crippen LogP contribution < -0.4 is 4.90 Å². The van der Waals surface area contributed by atoms with Crippen LogP contribution in [0.3, 0.4) is 0 Å². The Bertz CT molecular complexity index is 1060. The number of hydrogen-bond donors (Lipinski definition) is 0. The van der Waals surface area contributed by atoms with Gasteiger partial charge in [0.1, 0.15) is 11.5 Å². The molecule has 5 nitrogen and oxygen atoms in total. The van der Waals surface area contributed by atoms with E-state index in [1.807, 2.05) is 30.7 Å². The summed E-state index contributed by atoms with van der Waals surface area (Å²) in [6, 6.07) is 9.21. The monoisotopic (exact) mass is 405 g/mol. The number of fused-ring (bicyclic) bond motifs is 2. The van der Waals surface area contributed by atoms with Crippen molar-refractivity contribution in [2.24, 2.45) is 10.8 Å². The smallest absolute Gasteiger partial charge is 0.180 e. The summed E-state index contributed by atoms with van der Waals surface area (Å²) in [6.45, 7) is 8.64. The highest BCUT2D eigenvalue weighted by Gasteiger charge is 2.49.